The summed E-state index contributed by atoms with van der Waals surface area (Å²) in [5, 5.41) is 9.32. The van der Waals surface area contributed by atoms with Crippen molar-refractivity contribution >= 4 is 28.6 Å². The standard InChI is InChI=1S/C16H14FIO2/c17-15-4-2-1-3-12(15)10-13(16(19)20)9-11-5-7-14(18)8-6-11/h1-8,13H,9-10H2,(H,19,20). The molecular formula is C16H14FIO2. The third kappa shape index (κ3) is 4.03. The molecule has 0 aromatic heterocycles. The first-order valence-corrected chi connectivity index (χ1v) is 7.35. The second-order valence-electron chi connectivity index (χ2n) is 4.66. The number of hydrogen-bond acceptors (Lipinski definition) is 1. The largest absolute Gasteiger partial charge is 0.481 e. The molecular weight excluding hydrogens is 370 g/mol. The van der Waals surface area contributed by atoms with Crippen LogP contribution in [0.25, 0.3) is 0 Å². The smallest absolute Gasteiger partial charge is 0.307 e. The van der Waals surface area contributed by atoms with Crippen LogP contribution in [0.15, 0.2) is 48.5 Å². The average Bonchev–Trinajstić information content (AvgIpc) is 2.42. The summed E-state index contributed by atoms with van der Waals surface area (Å²) in [5.41, 5.74) is 1.40. The molecule has 2 aromatic rings. The Hall–Kier alpha value is -1.43. The van der Waals surface area contributed by atoms with Crippen LogP contribution in [0.4, 0.5) is 4.39 Å². The predicted octanol–water partition coefficient (Wildman–Crippen LogP) is 3.92. The number of rotatable bonds is 5. The van der Waals surface area contributed by atoms with E-state index in [0.717, 1.165) is 9.13 Å². The molecule has 2 rings (SSSR count). The van der Waals surface area contributed by atoms with E-state index in [0.29, 0.717) is 12.0 Å². The average molecular weight is 384 g/mol. The van der Waals surface area contributed by atoms with Crippen molar-refractivity contribution in [3.63, 3.8) is 0 Å². The highest BCUT2D eigenvalue weighted by Crippen LogP contribution is 2.18. The summed E-state index contributed by atoms with van der Waals surface area (Å²) in [5.74, 6) is -1.86. The van der Waals surface area contributed by atoms with Gasteiger partial charge in [0.1, 0.15) is 5.82 Å². The van der Waals surface area contributed by atoms with Crippen molar-refractivity contribution in [3.8, 4) is 0 Å². The van der Waals surface area contributed by atoms with Gasteiger partial charge >= 0.3 is 5.97 Å². The third-order valence-electron chi connectivity index (χ3n) is 3.17. The molecule has 0 radical (unpaired) electrons. The van der Waals surface area contributed by atoms with Gasteiger partial charge in [-0.1, -0.05) is 30.3 Å². The van der Waals surface area contributed by atoms with E-state index in [1.54, 1.807) is 18.2 Å². The topological polar surface area (TPSA) is 37.3 Å². The van der Waals surface area contributed by atoms with E-state index >= 15 is 0 Å². The fraction of sp³-hybridized carbons (Fsp3) is 0.188. The maximum absolute atomic E-state index is 13.6. The lowest BCUT2D eigenvalue weighted by Crippen LogP contribution is -2.19. The molecule has 0 heterocycles. The van der Waals surface area contributed by atoms with Crippen LogP contribution in [-0.4, -0.2) is 11.1 Å². The first-order chi connectivity index (χ1) is 9.56. The van der Waals surface area contributed by atoms with Crippen molar-refractivity contribution in [2.24, 2.45) is 5.92 Å². The molecule has 0 bridgehead atoms. The summed E-state index contributed by atoms with van der Waals surface area (Å²) >= 11 is 2.20. The number of carbonyl (C=O) groups is 1. The molecule has 1 N–H and O–H groups in total. The molecule has 0 saturated heterocycles. The summed E-state index contributed by atoms with van der Waals surface area (Å²) < 4.78 is 14.7. The van der Waals surface area contributed by atoms with Crippen molar-refractivity contribution in [1.82, 2.24) is 0 Å². The maximum atomic E-state index is 13.6. The Morgan fingerprint density at radius 1 is 1.10 bits per heavy atom. The summed E-state index contributed by atoms with van der Waals surface area (Å²) in [6, 6.07) is 14.0. The van der Waals surface area contributed by atoms with E-state index in [-0.39, 0.29) is 12.2 Å². The fourth-order valence-electron chi connectivity index (χ4n) is 2.08. The van der Waals surface area contributed by atoms with Gasteiger partial charge in [0.15, 0.2) is 0 Å². The Kier molecular flexibility index (Phi) is 5.11. The molecule has 20 heavy (non-hydrogen) atoms. The number of carboxylic acids is 1. The van der Waals surface area contributed by atoms with Crippen molar-refractivity contribution in [3.05, 3.63) is 69.0 Å². The minimum atomic E-state index is -0.896. The number of benzene rings is 2. The fourth-order valence-corrected chi connectivity index (χ4v) is 2.44. The molecule has 0 saturated carbocycles. The monoisotopic (exact) mass is 384 g/mol. The molecule has 0 aliphatic rings. The van der Waals surface area contributed by atoms with Crippen LogP contribution in [0.1, 0.15) is 11.1 Å². The molecule has 104 valence electrons. The quantitative estimate of drug-likeness (QED) is 0.794. The lowest BCUT2D eigenvalue weighted by Gasteiger charge is -2.13. The van der Waals surface area contributed by atoms with Crippen LogP contribution >= 0.6 is 22.6 Å². The Morgan fingerprint density at radius 2 is 1.75 bits per heavy atom. The van der Waals surface area contributed by atoms with Gasteiger partial charge in [0.25, 0.3) is 0 Å². The molecule has 1 atom stereocenters. The van der Waals surface area contributed by atoms with Crippen LogP contribution in [-0.2, 0) is 17.6 Å². The zero-order valence-electron chi connectivity index (χ0n) is 10.7. The van der Waals surface area contributed by atoms with Crippen molar-refractivity contribution in [1.29, 1.82) is 0 Å². The van der Waals surface area contributed by atoms with Crippen LogP contribution in [0.2, 0.25) is 0 Å². The minimum absolute atomic E-state index is 0.202. The van der Waals surface area contributed by atoms with E-state index in [1.807, 2.05) is 24.3 Å². The summed E-state index contributed by atoms with van der Waals surface area (Å²) in [4.78, 5) is 11.4. The van der Waals surface area contributed by atoms with Crippen LogP contribution in [0.3, 0.4) is 0 Å². The molecule has 0 amide bonds. The molecule has 0 aliphatic heterocycles. The second-order valence-corrected chi connectivity index (χ2v) is 5.91. The third-order valence-corrected chi connectivity index (χ3v) is 3.89. The SMILES string of the molecule is O=C(O)C(Cc1ccc(I)cc1)Cc1ccccc1F. The maximum Gasteiger partial charge on any atom is 0.307 e. The van der Waals surface area contributed by atoms with Gasteiger partial charge in [0.2, 0.25) is 0 Å². The summed E-state index contributed by atoms with van der Waals surface area (Å²) in [6.45, 7) is 0. The summed E-state index contributed by atoms with van der Waals surface area (Å²) in [7, 11) is 0. The highest BCUT2D eigenvalue weighted by atomic mass is 127. The predicted molar refractivity (Wildman–Crippen MR) is 84.1 cm³/mol. The van der Waals surface area contributed by atoms with Gasteiger partial charge in [0, 0.05) is 3.57 Å². The number of carboxylic acid groups (broad SMARTS) is 1. The van der Waals surface area contributed by atoms with Crippen molar-refractivity contribution in [2.75, 3.05) is 0 Å². The molecule has 0 fully saturated rings. The highest BCUT2D eigenvalue weighted by Gasteiger charge is 2.20. The normalized spacial score (nSPS) is 12.1. The second kappa shape index (κ2) is 6.83. The Balaban J connectivity index is 2.14. The van der Waals surface area contributed by atoms with Crippen LogP contribution in [0.5, 0.6) is 0 Å². The Bertz CT molecular complexity index is 596. The first-order valence-electron chi connectivity index (χ1n) is 6.27. The van der Waals surface area contributed by atoms with Gasteiger partial charge < -0.3 is 5.11 Å². The highest BCUT2D eigenvalue weighted by molar-refractivity contribution is 14.1. The van der Waals surface area contributed by atoms with Crippen molar-refractivity contribution < 1.29 is 14.3 Å². The number of hydrogen-bond donors (Lipinski definition) is 1. The Morgan fingerprint density at radius 3 is 2.35 bits per heavy atom. The van der Waals surface area contributed by atoms with E-state index in [1.165, 1.54) is 6.07 Å². The molecule has 2 aromatic carbocycles. The van der Waals surface area contributed by atoms with E-state index in [4.69, 9.17) is 0 Å². The Labute approximate surface area is 130 Å². The molecule has 1 unspecified atom stereocenters. The van der Waals surface area contributed by atoms with Crippen molar-refractivity contribution in [2.45, 2.75) is 12.8 Å². The lowest BCUT2D eigenvalue weighted by atomic mass is 9.92. The lowest BCUT2D eigenvalue weighted by molar-refractivity contribution is -0.141. The van der Waals surface area contributed by atoms with Gasteiger partial charge in [-0.05, 0) is 64.8 Å². The van der Waals surface area contributed by atoms with Gasteiger partial charge in [0.05, 0.1) is 5.92 Å². The van der Waals surface area contributed by atoms with Gasteiger partial charge in [-0.2, -0.15) is 0 Å². The molecule has 2 nitrogen and oxygen atoms in total. The van der Waals surface area contributed by atoms with Gasteiger partial charge in [-0.3, -0.25) is 4.79 Å². The minimum Gasteiger partial charge on any atom is -0.481 e. The molecule has 0 aliphatic carbocycles. The van der Waals surface area contributed by atoms with E-state index in [9.17, 15) is 14.3 Å². The van der Waals surface area contributed by atoms with Crippen LogP contribution < -0.4 is 0 Å². The summed E-state index contributed by atoms with van der Waals surface area (Å²) in [6.07, 6.45) is 0.606. The van der Waals surface area contributed by atoms with Gasteiger partial charge in [-0.15, -0.1) is 0 Å². The van der Waals surface area contributed by atoms with Crippen LogP contribution in [0, 0.1) is 15.3 Å². The molecule has 0 spiro atoms. The zero-order chi connectivity index (χ0) is 14.5. The zero-order valence-corrected chi connectivity index (χ0v) is 12.9. The van der Waals surface area contributed by atoms with E-state index < -0.39 is 11.9 Å². The molecule has 4 heteroatoms. The number of halogens is 2. The van der Waals surface area contributed by atoms with E-state index in [2.05, 4.69) is 22.6 Å². The first kappa shape index (κ1) is 15.0. The van der Waals surface area contributed by atoms with Gasteiger partial charge in [-0.25, -0.2) is 4.39 Å². The number of aliphatic carboxylic acids is 1.